The lowest BCUT2D eigenvalue weighted by Crippen LogP contribution is -2.36. The molecule has 96 valence electrons. The van der Waals surface area contributed by atoms with Crippen molar-refractivity contribution in [2.45, 2.75) is 32.4 Å². The Morgan fingerprint density at radius 2 is 1.94 bits per heavy atom. The lowest BCUT2D eigenvalue weighted by Gasteiger charge is -2.26. The van der Waals surface area contributed by atoms with Gasteiger partial charge in [0.2, 0.25) is 0 Å². The maximum Gasteiger partial charge on any atom is 0.122 e. The average molecular weight is 237 g/mol. The highest BCUT2D eigenvalue weighted by molar-refractivity contribution is 5.33. The molecule has 0 spiro atoms. The molecular formula is C14H23NO2. The van der Waals surface area contributed by atoms with Crippen LogP contribution in [-0.4, -0.2) is 42.9 Å². The standard InChI is InChI=1S/C14H23NO2/c1-11(15(3)10-12(2)16)9-13-7-5-6-8-14(13)17-4/h5-8,11-12,16H,9-10H2,1-4H3/t11?,12-/m0/s1. The van der Waals surface area contributed by atoms with Gasteiger partial charge in [-0.3, -0.25) is 0 Å². The summed E-state index contributed by atoms with van der Waals surface area (Å²) in [5, 5.41) is 9.37. The topological polar surface area (TPSA) is 32.7 Å². The van der Waals surface area contributed by atoms with Crippen molar-refractivity contribution in [2.75, 3.05) is 20.7 Å². The fraction of sp³-hybridized carbons (Fsp3) is 0.571. The summed E-state index contributed by atoms with van der Waals surface area (Å²) < 4.78 is 5.34. The minimum Gasteiger partial charge on any atom is -0.496 e. The molecule has 0 radical (unpaired) electrons. The van der Waals surface area contributed by atoms with Crippen molar-refractivity contribution >= 4 is 0 Å². The van der Waals surface area contributed by atoms with E-state index in [9.17, 15) is 5.11 Å². The van der Waals surface area contributed by atoms with E-state index in [1.165, 1.54) is 5.56 Å². The summed E-state index contributed by atoms with van der Waals surface area (Å²) in [6, 6.07) is 8.45. The Labute approximate surface area is 104 Å². The minimum atomic E-state index is -0.292. The van der Waals surface area contributed by atoms with Gasteiger partial charge in [0.05, 0.1) is 13.2 Å². The molecule has 1 unspecified atom stereocenters. The van der Waals surface area contributed by atoms with E-state index in [1.807, 2.05) is 32.2 Å². The van der Waals surface area contributed by atoms with Gasteiger partial charge in [-0.05, 0) is 38.9 Å². The summed E-state index contributed by atoms with van der Waals surface area (Å²) in [6.45, 7) is 4.66. The third-order valence-electron chi connectivity index (χ3n) is 3.01. The Balaban J connectivity index is 2.63. The van der Waals surface area contributed by atoms with Crippen LogP contribution in [0.5, 0.6) is 5.75 Å². The average Bonchev–Trinajstić information content (AvgIpc) is 2.28. The number of rotatable bonds is 6. The van der Waals surface area contributed by atoms with E-state index in [0.717, 1.165) is 12.2 Å². The van der Waals surface area contributed by atoms with Crippen LogP contribution in [0.15, 0.2) is 24.3 Å². The number of hydrogen-bond donors (Lipinski definition) is 1. The Morgan fingerprint density at radius 1 is 1.29 bits per heavy atom. The summed E-state index contributed by atoms with van der Waals surface area (Å²) >= 11 is 0. The van der Waals surface area contributed by atoms with Crippen LogP contribution in [0.2, 0.25) is 0 Å². The maximum atomic E-state index is 9.37. The van der Waals surface area contributed by atoms with E-state index >= 15 is 0 Å². The van der Waals surface area contributed by atoms with E-state index in [0.29, 0.717) is 12.6 Å². The number of methoxy groups -OCH3 is 1. The summed E-state index contributed by atoms with van der Waals surface area (Å²) in [5.41, 5.74) is 1.21. The normalized spacial score (nSPS) is 14.7. The second-order valence-corrected chi connectivity index (χ2v) is 4.65. The molecule has 2 atom stereocenters. The van der Waals surface area contributed by atoms with Crippen molar-refractivity contribution in [1.82, 2.24) is 4.90 Å². The molecule has 0 fully saturated rings. The first-order valence-corrected chi connectivity index (χ1v) is 6.04. The number of aliphatic hydroxyl groups is 1. The summed E-state index contributed by atoms with van der Waals surface area (Å²) in [5.74, 6) is 0.935. The molecule has 3 nitrogen and oxygen atoms in total. The number of likely N-dealkylation sites (N-methyl/N-ethyl adjacent to an activating group) is 1. The maximum absolute atomic E-state index is 9.37. The quantitative estimate of drug-likeness (QED) is 0.820. The van der Waals surface area contributed by atoms with Crippen LogP contribution >= 0.6 is 0 Å². The number of nitrogens with zero attached hydrogens (tertiary/aromatic N) is 1. The predicted molar refractivity (Wildman–Crippen MR) is 70.5 cm³/mol. The van der Waals surface area contributed by atoms with Gasteiger partial charge in [-0.25, -0.2) is 0 Å². The molecule has 0 saturated carbocycles. The highest BCUT2D eigenvalue weighted by Crippen LogP contribution is 2.20. The van der Waals surface area contributed by atoms with Gasteiger partial charge in [-0.1, -0.05) is 18.2 Å². The molecule has 1 aromatic carbocycles. The molecule has 0 aliphatic heterocycles. The van der Waals surface area contributed by atoms with Gasteiger partial charge in [0.1, 0.15) is 5.75 Å². The molecule has 0 heterocycles. The Bertz CT molecular complexity index is 339. The molecule has 0 saturated heterocycles. The predicted octanol–water partition coefficient (Wildman–Crippen LogP) is 1.94. The smallest absolute Gasteiger partial charge is 0.122 e. The second kappa shape index (κ2) is 6.62. The van der Waals surface area contributed by atoms with E-state index in [-0.39, 0.29) is 6.10 Å². The summed E-state index contributed by atoms with van der Waals surface area (Å²) in [7, 11) is 3.73. The van der Waals surface area contributed by atoms with E-state index < -0.39 is 0 Å². The van der Waals surface area contributed by atoms with Crippen LogP contribution in [-0.2, 0) is 6.42 Å². The van der Waals surface area contributed by atoms with E-state index in [2.05, 4.69) is 17.9 Å². The third kappa shape index (κ3) is 4.36. The lowest BCUT2D eigenvalue weighted by atomic mass is 10.0. The Morgan fingerprint density at radius 3 is 2.53 bits per heavy atom. The molecule has 0 amide bonds. The van der Waals surface area contributed by atoms with Gasteiger partial charge >= 0.3 is 0 Å². The number of aliphatic hydroxyl groups excluding tert-OH is 1. The number of hydrogen-bond acceptors (Lipinski definition) is 3. The van der Waals surface area contributed by atoms with Crippen LogP contribution in [0.25, 0.3) is 0 Å². The van der Waals surface area contributed by atoms with Gasteiger partial charge in [-0.15, -0.1) is 0 Å². The lowest BCUT2D eigenvalue weighted by molar-refractivity contribution is 0.121. The first-order chi connectivity index (χ1) is 8.04. The Kier molecular flexibility index (Phi) is 5.45. The largest absolute Gasteiger partial charge is 0.496 e. The summed E-state index contributed by atoms with van der Waals surface area (Å²) in [6.07, 6.45) is 0.632. The highest BCUT2D eigenvalue weighted by Gasteiger charge is 2.13. The molecule has 0 aliphatic carbocycles. The van der Waals surface area contributed by atoms with Crippen molar-refractivity contribution in [2.24, 2.45) is 0 Å². The fourth-order valence-corrected chi connectivity index (χ4v) is 1.94. The summed E-state index contributed by atoms with van der Waals surface area (Å²) in [4.78, 5) is 2.16. The van der Waals surface area contributed by atoms with E-state index in [4.69, 9.17) is 4.74 Å². The second-order valence-electron chi connectivity index (χ2n) is 4.65. The molecule has 1 N–H and O–H groups in total. The molecule has 0 bridgehead atoms. The van der Waals surface area contributed by atoms with Crippen molar-refractivity contribution in [3.63, 3.8) is 0 Å². The monoisotopic (exact) mass is 237 g/mol. The first-order valence-electron chi connectivity index (χ1n) is 6.04. The van der Waals surface area contributed by atoms with Gasteiger partial charge in [-0.2, -0.15) is 0 Å². The third-order valence-corrected chi connectivity index (χ3v) is 3.01. The molecule has 0 aromatic heterocycles. The zero-order valence-electron chi connectivity index (χ0n) is 11.2. The zero-order chi connectivity index (χ0) is 12.8. The SMILES string of the molecule is COc1ccccc1CC(C)N(C)C[C@H](C)O. The van der Waals surface area contributed by atoms with E-state index in [1.54, 1.807) is 7.11 Å². The van der Waals surface area contributed by atoms with Crippen LogP contribution in [0.4, 0.5) is 0 Å². The molecule has 17 heavy (non-hydrogen) atoms. The van der Waals surface area contributed by atoms with Crippen LogP contribution in [0.3, 0.4) is 0 Å². The van der Waals surface area contributed by atoms with Crippen LogP contribution in [0, 0.1) is 0 Å². The fourth-order valence-electron chi connectivity index (χ4n) is 1.94. The first kappa shape index (κ1) is 14.0. The van der Waals surface area contributed by atoms with Crippen molar-refractivity contribution in [3.8, 4) is 5.75 Å². The molecular weight excluding hydrogens is 214 g/mol. The van der Waals surface area contributed by atoms with Gasteiger partial charge in [0, 0.05) is 12.6 Å². The number of benzene rings is 1. The molecule has 1 aromatic rings. The van der Waals surface area contributed by atoms with Gasteiger partial charge < -0.3 is 14.7 Å². The van der Waals surface area contributed by atoms with Gasteiger partial charge in [0.15, 0.2) is 0 Å². The number of para-hydroxylation sites is 1. The molecule has 0 aliphatic rings. The van der Waals surface area contributed by atoms with Crippen molar-refractivity contribution < 1.29 is 9.84 Å². The van der Waals surface area contributed by atoms with Gasteiger partial charge in [0.25, 0.3) is 0 Å². The minimum absolute atomic E-state index is 0.292. The van der Waals surface area contributed by atoms with Crippen LogP contribution in [0.1, 0.15) is 19.4 Å². The Hall–Kier alpha value is -1.06. The van der Waals surface area contributed by atoms with Crippen molar-refractivity contribution in [3.05, 3.63) is 29.8 Å². The molecule has 1 rings (SSSR count). The van der Waals surface area contributed by atoms with Crippen molar-refractivity contribution in [1.29, 1.82) is 0 Å². The zero-order valence-corrected chi connectivity index (χ0v) is 11.2. The molecule has 3 heteroatoms. The highest BCUT2D eigenvalue weighted by atomic mass is 16.5. The number of ether oxygens (including phenoxy) is 1. The van der Waals surface area contributed by atoms with Crippen LogP contribution < -0.4 is 4.74 Å².